The van der Waals surface area contributed by atoms with E-state index in [9.17, 15) is 8.42 Å². The summed E-state index contributed by atoms with van der Waals surface area (Å²) >= 11 is 0. The molecule has 2 heterocycles. The summed E-state index contributed by atoms with van der Waals surface area (Å²) in [7, 11) is -3.66. The minimum absolute atomic E-state index is 0.0391. The van der Waals surface area contributed by atoms with Crippen LogP contribution in [0.1, 0.15) is 24.4 Å². The van der Waals surface area contributed by atoms with Gasteiger partial charge in [-0.2, -0.15) is 0 Å². The molecule has 116 valence electrons. The maximum atomic E-state index is 12.2. The second-order valence-corrected chi connectivity index (χ2v) is 6.77. The smallest absolute Gasteiger partial charge is 0.245 e. The average Bonchev–Trinajstić information content (AvgIpc) is 3.10. The molecule has 1 aromatic carbocycles. The Kier molecular flexibility index (Phi) is 3.71. The standard InChI is InChI=1S/C14H15N3O4S/c1-9(14-16-11-5-3-4-6-12(11)21-14)7-15-22(18,19)13-8-20-17-10(13)2/h3-6,8-9,15H,7H2,1-2H3. The Balaban J connectivity index is 1.74. The normalized spacial score (nSPS) is 13.5. The number of fused-ring (bicyclic) bond motifs is 1. The van der Waals surface area contributed by atoms with E-state index < -0.39 is 10.0 Å². The maximum absolute atomic E-state index is 12.2. The third-order valence-corrected chi connectivity index (χ3v) is 4.82. The Bertz CT molecular complexity index is 865. The lowest BCUT2D eigenvalue weighted by Gasteiger charge is -2.09. The number of rotatable bonds is 5. The summed E-state index contributed by atoms with van der Waals surface area (Å²) in [6, 6.07) is 7.40. The highest BCUT2D eigenvalue weighted by Crippen LogP contribution is 2.21. The van der Waals surface area contributed by atoms with E-state index in [4.69, 9.17) is 4.42 Å². The largest absolute Gasteiger partial charge is 0.440 e. The fourth-order valence-corrected chi connectivity index (χ4v) is 3.26. The number of oxazole rings is 1. The molecule has 0 aliphatic heterocycles. The molecule has 8 heteroatoms. The van der Waals surface area contributed by atoms with E-state index in [2.05, 4.69) is 19.4 Å². The van der Waals surface area contributed by atoms with E-state index in [0.29, 0.717) is 17.2 Å². The fraction of sp³-hybridized carbons (Fsp3) is 0.286. The number of aromatic nitrogens is 2. The third kappa shape index (κ3) is 2.75. The second kappa shape index (κ2) is 5.54. The van der Waals surface area contributed by atoms with Crippen molar-refractivity contribution < 1.29 is 17.4 Å². The predicted octanol–water partition coefficient (Wildman–Crippen LogP) is 2.21. The van der Waals surface area contributed by atoms with Crippen LogP contribution in [0, 0.1) is 6.92 Å². The molecular weight excluding hydrogens is 306 g/mol. The van der Waals surface area contributed by atoms with E-state index in [1.807, 2.05) is 31.2 Å². The first-order valence-electron chi connectivity index (χ1n) is 6.73. The van der Waals surface area contributed by atoms with E-state index in [1.54, 1.807) is 6.92 Å². The number of para-hydroxylation sites is 2. The number of benzene rings is 1. The quantitative estimate of drug-likeness (QED) is 0.773. The summed E-state index contributed by atoms with van der Waals surface area (Å²) < 4.78 is 37.1. The first-order chi connectivity index (χ1) is 10.5. The summed E-state index contributed by atoms with van der Waals surface area (Å²) in [5.74, 6) is 0.285. The molecule has 0 aliphatic carbocycles. The van der Waals surface area contributed by atoms with Gasteiger partial charge in [-0.15, -0.1) is 0 Å². The van der Waals surface area contributed by atoms with Crippen LogP contribution in [-0.2, 0) is 10.0 Å². The highest BCUT2D eigenvalue weighted by molar-refractivity contribution is 7.89. The van der Waals surface area contributed by atoms with E-state index >= 15 is 0 Å². The van der Waals surface area contributed by atoms with Crippen LogP contribution < -0.4 is 4.72 Å². The molecule has 0 bridgehead atoms. The van der Waals surface area contributed by atoms with Crippen molar-refractivity contribution in [1.29, 1.82) is 0 Å². The zero-order valence-corrected chi connectivity index (χ0v) is 12.9. The molecule has 22 heavy (non-hydrogen) atoms. The first kappa shape index (κ1) is 14.7. The van der Waals surface area contributed by atoms with Crippen molar-refractivity contribution in [2.24, 2.45) is 0 Å². The van der Waals surface area contributed by atoms with Crippen LogP contribution >= 0.6 is 0 Å². The molecule has 0 saturated carbocycles. The summed E-state index contributed by atoms with van der Waals surface area (Å²) in [5, 5.41) is 3.57. The maximum Gasteiger partial charge on any atom is 0.245 e. The molecule has 1 unspecified atom stereocenters. The van der Waals surface area contributed by atoms with Gasteiger partial charge in [-0.1, -0.05) is 24.2 Å². The summed E-state index contributed by atoms with van der Waals surface area (Å²) in [6.07, 6.45) is 1.11. The molecule has 3 aromatic rings. The Morgan fingerprint density at radius 1 is 1.32 bits per heavy atom. The SMILES string of the molecule is Cc1nocc1S(=O)(=O)NCC(C)c1nc2ccccc2o1. The van der Waals surface area contributed by atoms with Gasteiger partial charge >= 0.3 is 0 Å². The molecular formula is C14H15N3O4S. The minimum Gasteiger partial charge on any atom is -0.440 e. The third-order valence-electron chi connectivity index (χ3n) is 3.31. The Morgan fingerprint density at radius 3 is 2.77 bits per heavy atom. The van der Waals surface area contributed by atoms with Crippen LogP contribution in [0.15, 0.2) is 44.4 Å². The van der Waals surface area contributed by atoms with Gasteiger partial charge in [-0.25, -0.2) is 18.1 Å². The summed E-state index contributed by atoms with van der Waals surface area (Å²) in [5.41, 5.74) is 1.76. The monoisotopic (exact) mass is 321 g/mol. The zero-order valence-electron chi connectivity index (χ0n) is 12.1. The molecule has 3 rings (SSSR count). The molecule has 2 aromatic heterocycles. The van der Waals surface area contributed by atoms with Crippen molar-refractivity contribution in [3.8, 4) is 0 Å². The van der Waals surface area contributed by atoms with Crippen LogP contribution in [0.3, 0.4) is 0 Å². The second-order valence-electron chi connectivity index (χ2n) is 5.04. The lowest BCUT2D eigenvalue weighted by molar-refractivity contribution is 0.413. The topological polar surface area (TPSA) is 98.2 Å². The number of hydrogen-bond donors (Lipinski definition) is 1. The number of nitrogens with zero attached hydrogens (tertiary/aromatic N) is 2. The Hall–Kier alpha value is -2.19. The van der Waals surface area contributed by atoms with Gasteiger partial charge in [-0.05, 0) is 19.1 Å². The van der Waals surface area contributed by atoms with Crippen LogP contribution in [0.4, 0.5) is 0 Å². The highest BCUT2D eigenvalue weighted by Gasteiger charge is 2.22. The number of hydrogen-bond acceptors (Lipinski definition) is 6. The van der Waals surface area contributed by atoms with Crippen LogP contribution in [0.2, 0.25) is 0 Å². The van der Waals surface area contributed by atoms with Crippen LogP contribution in [0.25, 0.3) is 11.1 Å². The molecule has 0 saturated heterocycles. The molecule has 0 radical (unpaired) electrons. The summed E-state index contributed by atoms with van der Waals surface area (Å²) in [6.45, 7) is 3.58. The van der Waals surface area contributed by atoms with Gasteiger partial charge in [0.1, 0.15) is 22.4 Å². The zero-order chi connectivity index (χ0) is 15.7. The average molecular weight is 321 g/mol. The molecule has 7 nitrogen and oxygen atoms in total. The van der Waals surface area contributed by atoms with Crippen LogP contribution in [-0.4, -0.2) is 25.1 Å². The molecule has 0 amide bonds. The first-order valence-corrected chi connectivity index (χ1v) is 8.22. The molecule has 0 spiro atoms. The van der Waals surface area contributed by atoms with E-state index in [0.717, 1.165) is 11.8 Å². The predicted molar refractivity (Wildman–Crippen MR) is 78.9 cm³/mol. The van der Waals surface area contributed by atoms with E-state index in [1.165, 1.54) is 0 Å². The minimum atomic E-state index is -3.66. The van der Waals surface area contributed by atoms with Crippen molar-refractivity contribution in [3.05, 3.63) is 42.1 Å². The van der Waals surface area contributed by atoms with Crippen molar-refractivity contribution in [3.63, 3.8) is 0 Å². The number of aryl methyl sites for hydroxylation is 1. The molecule has 1 atom stereocenters. The van der Waals surface area contributed by atoms with Crippen molar-refractivity contribution in [2.75, 3.05) is 6.54 Å². The van der Waals surface area contributed by atoms with Gasteiger partial charge in [0, 0.05) is 12.5 Å². The van der Waals surface area contributed by atoms with Gasteiger partial charge in [0.2, 0.25) is 10.0 Å². The lowest BCUT2D eigenvalue weighted by atomic mass is 10.2. The molecule has 0 fully saturated rings. The van der Waals surface area contributed by atoms with Gasteiger partial charge in [0.15, 0.2) is 11.5 Å². The van der Waals surface area contributed by atoms with Crippen molar-refractivity contribution in [1.82, 2.24) is 14.9 Å². The Morgan fingerprint density at radius 2 is 2.09 bits per heavy atom. The number of nitrogens with one attached hydrogen (secondary N) is 1. The van der Waals surface area contributed by atoms with Crippen molar-refractivity contribution in [2.45, 2.75) is 24.7 Å². The Labute approximate surface area is 127 Å². The molecule has 1 N–H and O–H groups in total. The van der Waals surface area contributed by atoms with Gasteiger partial charge < -0.3 is 8.94 Å². The highest BCUT2D eigenvalue weighted by atomic mass is 32.2. The lowest BCUT2D eigenvalue weighted by Crippen LogP contribution is -2.28. The number of sulfonamides is 1. The van der Waals surface area contributed by atoms with Gasteiger partial charge in [0.05, 0.1) is 0 Å². The van der Waals surface area contributed by atoms with Crippen LogP contribution in [0.5, 0.6) is 0 Å². The van der Waals surface area contributed by atoms with Crippen molar-refractivity contribution >= 4 is 21.1 Å². The fourth-order valence-electron chi connectivity index (χ4n) is 2.04. The van der Waals surface area contributed by atoms with Gasteiger partial charge in [-0.3, -0.25) is 0 Å². The van der Waals surface area contributed by atoms with E-state index in [-0.39, 0.29) is 17.4 Å². The van der Waals surface area contributed by atoms with Gasteiger partial charge in [0.25, 0.3) is 0 Å². The molecule has 0 aliphatic rings. The summed E-state index contributed by atoms with van der Waals surface area (Å²) in [4.78, 5) is 4.40.